The summed E-state index contributed by atoms with van der Waals surface area (Å²) < 4.78 is 5.20. The van der Waals surface area contributed by atoms with Gasteiger partial charge in [0.25, 0.3) is 5.91 Å². The Hall–Kier alpha value is -3.14. The fourth-order valence-electron chi connectivity index (χ4n) is 2.94. The van der Waals surface area contributed by atoms with E-state index in [1.165, 1.54) is 5.56 Å². The van der Waals surface area contributed by atoms with Gasteiger partial charge in [0.1, 0.15) is 0 Å². The van der Waals surface area contributed by atoms with Crippen molar-refractivity contribution < 1.29 is 14.3 Å². The highest BCUT2D eigenvalue weighted by molar-refractivity contribution is 6.05. The Morgan fingerprint density at radius 1 is 0.963 bits per heavy atom. The van der Waals surface area contributed by atoms with Gasteiger partial charge in [-0.3, -0.25) is 4.79 Å². The molecule has 0 aromatic heterocycles. The molecule has 0 unspecified atom stereocenters. The van der Waals surface area contributed by atoms with Gasteiger partial charge in [0.15, 0.2) is 6.61 Å². The van der Waals surface area contributed by atoms with Gasteiger partial charge in [0.2, 0.25) is 0 Å². The SMILES string of the molecule is CC[C@@H](C)c1ccc(NC(=O)COC(=O)c2cccc3ccccc23)cc1. The number of rotatable bonds is 6. The Balaban J connectivity index is 1.59. The molecule has 1 amide bonds. The van der Waals surface area contributed by atoms with E-state index in [2.05, 4.69) is 19.2 Å². The summed E-state index contributed by atoms with van der Waals surface area (Å²) in [6.45, 7) is 3.99. The number of anilines is 1. The monoisotopic (exact) mass is 361 g/mol. The molecule has 1 N–H and O–H groups in total. The van der Waals surface area contributed by atoms with Gasteiger partial charge in [-0.25, -0.2) is 4.79 Å². The van der Waals surface area contributed by atoms with Crippen molar-refractivity contribution in [2.24, 2.45) is 0 Å². The summed E-state index contributed by atoms with van der Waals surface area (Å²) >= 11 is 0. The number of amides is 1. The van der Waals surface area contributed by atoms with Crippen LogP contribution in [0, 0.1) is 0 Å². The van der Waals surface area contributed by atoms with Crippen molar-refractivity contribution in [3.05, 3.63) is 77.9 Å². The van der Waals surface area contributed by atoms with E-state index in [0.717, 1.165) is 17.2 Å². The van der Waals surface area contributed by atoms with E-state index in [9.17, 15) is 9.59 Å². The molecule has 0 aliphatic heterocycles. The summed E-state index contributed by atoms with van der Waals surface area (Å²) in [5.41, 5.74) is 2.38. The average molecular weight is 361 g/mol. The number of carbonyl (C=O) groups excluding carboxylic acids is 2. The van der Waals surface area contributed by atoms with Gasteiger partial charge in [-0.05, 0) is 46.9 Å². The molecular weight excluding hydrogens is 338 g/mol. The molecular formula is C23H23NO3. The van der Waals surface area contributed by atoms with Crippen LogP contribution in [-0.2, 0) is 9.53 Å². The highest BCUT2D eigenvalue weighted by Gasteiger charge is 2.13. The number of benzene rings is 3. The molecule has 0 radical (unpaired) electrons. The van der Waals surface area contributed by atoms with E-state index in [1.807, 2.05) is 54.6 Å². The minimum absolute atomic E-state index is 0.324. The summed E-state index contributed by atoms with van der Waals surface area (Å²) in [6, 6.07) is 20.8. The number of hydrogen-bond acceptors (Lipinski definition) is 3. The molecule has 27 heavy (non-hydrogen) atoms. The van der Waals surface area contributed by atoms with Crippen LogP contribution in [0.1, 0.15) is 42.1 Å². The van der Waals surface area contributed by atoms with Crippen LogP contribution in [0.2, 0.25) is 0 Å². The van der Waals surface area contributed by atoms with Gasteiger partial charge < -0.3 is 10.1 Å². The summed E-state index contributed by atoms with van der Waals surface area (Å²) in [4.78, 5) is 24.5. The second-order valence-electron chi connectivity index (χ2n) is 6.58. The molecule has 0 saturated heterocycles. The largest absolute Gasteiger partial charge is 0.452 e. The van der Waals surface area contributed by atoms with E-state index >= 15 is 0 Å². The standard InChI is InChI=1S/C23H23NO3/c1-3-16(2)17-11-13-19(14-12-17)24-22(25)15-27-23(26)21-10-6-8-18-7-4-5-9-20(18)21/h4-14,16H,3,15H2,1-2H3,(H,24,25)/t16-/m1/s1. The lowest BCUT2D eigenvalue weighted by Gasteiger charge is -2.11. The van der Waals surface area contributed by atoms with E-state index in [0.29, 0.717) is 17.2 Å². The molecule has 3 aromatic rings. The van der Waals surface area contributed by atoms with Crippen LogP contribution in [0.25, 0.3) is 10.8 Å². The van der Waals surface area contributed by atoms with Crippen LogP contribution in [0.15, 0.2) is 66.7 Å². The van der Waals surface area contributed by atoms with Crippen molar-refractivity contribution in [1.29, 1.82) is 0 Å². The van der Waals surface area contributed by atoms with Gasteiger partial charge in [-0.1, -0.05) is 62.4 Å². The quantitative estimate of drug-likeness (QED) is 0.618. The molecule has 0 heterocycles. The van der Waals surface area contributed by atoms with Crippen molar-refractivity contribution in [2.75, 3.05) is 11.9 Å². The third-order valence-corrected chi connectivity index (χ3v) is 4.72. The maximum absolute atomic E-state index is 12.4. The van der Waals surface area contributed by atoms with Gasteiger partial charge in [-0.15, -0.1) is 0 Å². The Morgan fingerprint density at radius 2 is 1.67 bits per heavy atom. The number of nitrogens with one attached hydrogen (secondary N) is 1. The minimum atomic E-state index is -0.505. The first-order valence-corrected chi connectivity index (χ1v) is 9.13. The topological polar surface area (TPSA) is 55.4 Å². The predicted octanol–water partition coefficient (Wildman–Crippen LogP) is 5.15. The molecule has 0 bridgehead atoms. The summed E-state index contributed by atoms with van der Waals surface area (Å²) in [6.07, 6.45) is 1.07. The predicted molar refractivity (Wildman–Crippen MR) is 108 cm³/mol. The number of carbonyl (C=O) groups is 2. The lowest BCUT2D eigenvalue weighted by atomic mass is 9.99. The van der Waals surface area contributed by atoms with Crippen LogP contribution in [0.3, 0.4) is 0 Å². The second-order valence-corrected chi connectivity index (χ2v) is 6.58. The lowest BCUT2D eigenvalue weighted by molar-refractivity contribution is -0.119. The first-order valence-electron chi connectivity index (χ1n) is 9.13. The summed E-state index contributed by atoms with van der Waals surface area (Å²) in [7, 11) is 0. The van der Waals surface area contributed by atoms with Crippen molar-refractivity contribution in [2.45, 2.75) is 26.2 Å². The van der Waals surface area contributed by atoms with Crippen LogP contribution in [0.4, 0.5) is 5.69 Å². The molecule has 0 saturated carbocycles. The highest BCUT2D eigenvalue weighted by atomic mass is 16.5. The number of hydrogen-bond donors (Lipinski definition) is 1. The molecule has 0 spiro atoms. The average Bonchev–Trinajstić information content (AvgIpc) is 2.71. The minimum Gasteiger partial charge on any atom is -0.452 e. The Kier molecular flexibility index (Phi) is 5.87. The van der Waals surface area contributed by atoms with Crippen LogP contribution < -0.4 is 5.32 Å². The first-order chi connectivity index (χ1) is 13.1. The second kappa shape index (κ2) is 8.49. The van der Waals surface area contributed by atoms with Crippen molar-refractivity contribution in [3.8, 4) is 0 Å². The third-order valence-electron chi connectivity index (χ3n) is 4.72. The van der Waals surface area contributed by atoms with Crippen LogP contribution in [0.5, 0.6) is 0 Å². The van der Waals surface area contributed by atoms with E-state index in [4.69, 9.17) is 4.74 Å². The van der Waals surface area contributed by atoms with Crippen LogP contribution in [-0.4, -0.2) is 18.5 Å². The van der Waals surface area contributed by atoms with Crippen molar-refractivity contribution in [3.63, 3.8) is 0 Å². The third kappa shape index (κ3) is 4.53. The van der Waals surface area contributed by atoms with Gasteiger partial charge in [0.05, 0.1) is 5.56 Å². The zero-order chi connectivity index (χ0) is 19.2. The summed E-state index contributed by atoms with van der Waals surface area (Å²) in [5.74, 6) is -0.384. The lowest BCUT2D eigenvalue weighted by Crippen LogP contribution is -2.21. The molecule has 4 heteroatoms. The smallest absolute Gasteiger partial charge is 0.339 e. The van der Waals surface area contributed by atoms with Crippen molar-refractivity contribution in [1.82, 2.24) is 0 Å². The normalized spacial score (nSPS) is 11.8. The Morgan fingerprint density at radius 3 is 2.41 bits per heavy atom. The molecule has 0 aliphatic rings. The molecule has 3 aromatic carbocycles. The zero-order valence-electron chi connectivity index (χ0n) is 15.6. The fourth-order valence-corrected chi connectivity index (χ4v) is 2.94. The molecule has 0 fully saturated rings. The van der Waals surface area contributed by atoms with E-state index in [1.54, 1.807) is 12.1 Å². The maximum atomic E-state index is 12.4. The number of fused-ring (bicyclic) bond motifs is 1. The maximum Gasteiger partial charge on any atom is 0.339 e. The first kappa shape index (κ1) is 18.6. The number of esters is 1. The Bertz CT molecular complexity index is 942. The Labute approximate surface area is 159 Å². The summed E-state index contributed by atoms with van der Waals surface area (Å²) in [5, 5.41) is 4.52. The van der Waals surface area contributed by atoms with Gasteiger partial charge in [-0.2, -0.15) is 0 Å². The van der Waals surface area contributed by atoms with Crippen molar-refractivity contribution >= 4 is 28.3 Å². The van der Waals surface area contributed by atoms with E-state index in [-0.39, 0.29) is 12.5 Å². The molecule has 1 atom stereocenters. The molecule has 0 aliphatic carbocycles. The van der Waals surface area contributed by atoms with Gasteiger partial charge in [0, 0.05) is 5.69 Å². The highest BCUT2D eigenvalue weighted by Crippen LogP contribution is 2.21. The zero-order valence-corrected chi connectivity index (χ0v) is 15.6. The molecule has 138 valence electrons. The fraction of sp³-hybridized carbons (Fsp3) is 0.217. The molecule has 4 nitrogen and oxygen atoms in total. The van der Waals surface area contributed by atoms with Gasteiger partial charge >= 0.3 is 5.97 Å². The van der Waals surface area contributed by atoms with E-state index < -0.39 is 5.97 Å². The van der Waals surface area contributed by atoms with Crippen LogP contribution >= 0.6 is 0 Å². The molecule has 3 rings (SSSR count). The number of ether oxygens (including phenoxy) is 1.